The van der Waals surface area contributed by atoms with Crippen molar-refractivity contribution in [1.29, 1.82) is 0 Å². The number of rotatable bonds is 10. The van der Waals surface area contributed by atoms with Crippen LogP contribution in [0.1, 0.15) is 38.9 Å². The SMILES string of the molecule is COc1c(O)ccc(/C=C/c2cc(O)cc(/C=C/c3ccc(O)c(CO)c3CC[NH3+])c2)c1CC[NH3+]. The molecule has 7 heteroatoms. The van der Waals surface area contributed by atoms with E-state index in [-0.39, 0.29) is 23.9 Å². The highest BCUT2D eigenvalue weighted by Crippen LogP contribution is 2.34. The molecule has 0 radical (unpaired) electrons. The molecule has 0 saturated heterocycles. The maximum Gasteiger partial charge on any atom is 0.164 e. The van der Waals surface area contributed by atoms with Gasteiger partial charge in [0.25, 0.3) is 0 Å². The van der Waals surface area contributed by atoms with Gasteiger partial charge in [-0.25, -0.2) is 0 Å². The van der Waals surface area contributed by atoms with E-state index in [0.29, 0.717) is 37.2 Å². The molecule has 0 aliphatic rings. The summed E-state index contributed by atoms with van der Waals surface area (Å²) in [5.74, 6) is 0.744. The first-order chi connectivity index (χ1) is 16.9. The number of phenolic OH excluding ortho intramolecular Hbond substituents is 2. The lowest BCUT2D eigenvalue weighted by molar-refractivity contribution is -0.367. The van der Waals surface area contributed by atoms with Gasteiger partial charge in [0.05, 0.1) is 26.8 Å². The Hall–Kier alpha value is -3.78. The van der Waals surface area contributed by atoms with Gasteiger partial charge in [0.15, 0.2) is 11.5 Å². The maximum atomic E-state index is 10.3. The highest BCUT2D eigenvalue weighted by atomic mass is 16.5. The van der Waals surface area contributed by atoms with Crippen LogP contribution >= 0.6 is 0 Å². The Morgan fingerprint density at radius 2 is 1.26 bits per heavy atom. The smallest absolute Gasteiger partial charge is 0.164 e. The van der Waals surface area contributed by atoms with Gasteiger partial charge in [-0.2, -0.15) is 0 Å². The number of aliphatic hydroxyl groups excluding tert-OH is 1. The van der Waals surface area contributed by atoms with Crippen LogP contribution in [0, 0.1) is 0 Å². The molecule has 0 heterocycles. The molecular weight excluding hydrogens is 444 g/mol. The number of methoxy groups -OCH3 is 1. The van der Waals surface area contributed by atoms with Crippen molar-refractivity contribution in [3.05, 3.63) is 81.4 Å². The maximum absolute atomic E-state index is 10.3. The second kappa shape index (κ2) is 12.1. The first-order valence-electron chi connectivity index (χ1n) is 11.5. The van der Waals surface area contributed by atoms with Gasteiger partial charge in [-0.15, -0.1) is 0 Å². The van der Waals surface area contributed by atoms with Gasteiger partial charge in [-0.3, -0.25) is 0 Å². The lowest BCUT2D eigenvalue weighted by Crippen LogP contribution is -2.51. The Balaban J connectivity index is 1.94. The summed E-state index contributed by atoms with van der Waals surface area (Å²) in [6.07, 6.45) is 8.90. The van der Waals surface area contributed by atoms with Crippen LogP contribution in [0.3, 0.4) is 0 Å². The van der Waals surface area contributed by atoms with E-state index in [1.807, 2.05) is 42.5 Å². The van der Waals surface area contributed by atoms with E-state index in [1.165, 1.54) is 7.11 Å². The predicted octanol–water partition coefficient (Wildman–Crippen LogP) is 2.21. The molecule has 7 nitrogen and oxygen atoms in total. The van der Waals surface area contributed by atoms with Crippen LogP contribution in [0.4, 0.5) is 0 Å². The molecule has 0 spiro atoms. The van der Waals surface area contributed by atoms with Crippen molar-refractivity contribution < 1.29 is 36.6 Å². The third kappa shape index (κ3) is 6.22. The highest BCUT2D eigenvalue weighted by Gasteiger charge is 2.13. The lowest BCUT2D eigenvalue weighted by Gasteiger charge is -2.12. The van der Waals surface area contributed by atoms with Gasteiger partial charge >= 0.3 is 0 Å². The van der Waals surface area contributed by atoms with Crippen LogP contribution < -0.4 is 16.2 Å². The van der Waals surface area contributed by atoms with E-state index in [2.05, 4.69) is 11.5 Å². The highest BCUT2D eigenvalue weighted by molar-refractivity contribution is 5.78. The molecule has 0 aliphatic heterocycles. The second-order valence-corrected chi connectivity index (χ2v) is 8.21. The van der Waals surface area contributed by atoms with E-state index in [1.54, 1.807) is 24.3 Å². The van der Waals surface area contributed by atoms with Crippen LogP contribution in [0.5, 0.6) is 23.0 Å². The van der Waals surface area contributed by atoms with E-state index in [9.17, 15) is 20.4 Å². The van der Waals surface area contributed by atoms with Crippen molar-refractivity contribution in [3.8, 4) is 23.0 Å². The van der Waals surface area contributed by atoms with Gasteiger partial charge in [-0.05, 0) is 58.1 Å². The Morgan fingerprint density at radius 1 is 0.714 bits per heavy atom. The molecule has 0 unspecified atom stereocenters. The van der Waals surface area contributed by atoms with Gasteiger partial charge in [0, 0.05) is 24.0 Å². The van der Waals surface area contributed by atoms with Gasteiger partial charge in [0.1, 0.15) is 11.5 Å². The molecule has 0 aliphatic carbocycles. The van der Waals surface area contributed by atoms with Crippen LogP contribution in [0.15, 0.2) is 42.5 Å². The standard InChI is InChI=1S/C28H32N2O5/c1-35-28-24(11-13-30)21(7-9-27(28)34)5-3-19-14-18(15-22(32)16-19)2-4-20-6-8-26(33)25(17-31)23(20)10-12-29/h2-9,14-16,31-34H,10-13,17,29-30H2,1H3/p+2/b4-2+,5-3+. The Kier molecular flexibility index (Phi) is 8.92. The molecule has 0 atom stereocenters. The molecule has 0 saturated carbocycles. The van der Waals surface area contributed by atoms with Crippen molar-refractivity contribution in [2.75, 3.05) is 20.2 Å². The molecule has 0 bridgehead atoms. The number of hydrogen-bond acceptors (Lipinski definition) is 5. The first kappa shape index (κ1) is 25.8. The van der Waals surface area contributed by atoms with E-state index in [4.69, 9.17) is 4.74 Å². The van der Waals surface area contributed by atoms with Gasteiger partial charge in [-0.1, -0.05) is 36.4 Å². The Morgan fingerprint density at radius 3 is 1.80 bits per heavy atom. The largest absolute Gasteiger partial charge is 0.508 e. The minimum absolute atomic E-state index is 0.0713. The summed E-state index contributed by atoms with van der Waals surface area (Å²) in [6.45, 7) is 1.05. The summed E-state index contributed by atoms with van der Waals surface area (Å²) in [4.78, 5) is 0. The van der Waals surface area contributed by atoms with E-state index >= 15 is 0 Å². The molecule has 0 aromatic heterocycles. The zero-order valence-electron chi connectivity index (χ0n) is 20.0. The third-order valence-corrected chi connectivity index (χ3v) is 5.81. The number of hydrogen-bond donors (Lipinski definition) is 6. The van der Waals surface area contributed by atoms with E-state index in [0.717, 1.165) is 33.4 Å². The number of ether oxygens (including phenoxy) is 1. The number of benzene rings is 3. The number of aliphatic hydroxyl groups is 1. The van der Waals surface area contributed by atoms with Crippen molar-refractivity contribution in [3.63, 3.8) is 0 Å². The van der Waals surface area contributed by atoms with Crippen LogP contribution in [0.2, 0.25) is 0 Å². The Bertz CT molecular complexity index is 1140. The molecule has 0 amide bonds. The zero-order valence-corrected chi connectivity index (χ0v) is 20.0. The summed E-state index contributed by atoms with van der Waals surface area (Å²) in [6, 6.07) is 12.1. The fraction of sp³-hybridized carbons (Fsp3) is 0.214. The summed E-state index contributed by atoms with van der Waals surface area (Å²) in [5, 5.41) is 40.2. The van der Waals surface area contributed by atoms with Crippen molar-refractivity contribution >= 4 is 24.3 Å². The molecule has 35 heavy (non-hydrogen) atoms. The Labute approximate surface area is 205 Å². The fourth-order valence-electron chi connectivity index (χ4n) is 4.18. The minimum atomic E-state index is -0.248. The summed E-state index contributed by atoms with van der Waals surface area (Å²) >= 11 is 0. The third-order valence-electron chi connectivity index (χ3n) is 5.81. The fourth-order valence-corrected chi connectivity index (χ4v) is 4.18. The molecule has 3 aromatic rings. The molecule has 3 rings (SSSR count). The molecular formula is C28H34N2O5+2. The first-order valence-corrected chi connectivity index (χ1v) is 11.5. The minimum Gasteiger partial charge on any atom is -0.508 e. The topological polar surface area (TPSA) is 145 Å². The number of aromatic hydroxyl groups is 3. The van der Waals surface area contributed by atoms with Gasteiger partial charge < -0.3 is 36.6 Å². The normalized spacial score (nSPS) is 11.5. The summed E-state index contributed by atoms with van der Waals surface area (Å²) in [7, 11) is 1.53. The lowest BCUT2D eigenvalue weighted by atomic mass is 9.96. The average Bonchev–Trinajstić information content (AvgIpc) is 2.83. The quantitative estimate of drug-likeness (QED) is 0.248. The van der Waals surface area contributed by atoms with Crippen LogP contribution in [-0.2, 0) is 19.4 Å². The monoisotopic (exact) mass is 478 g/mol. The van der Waals surface area contributed by atoms with Crippen molar-refractivity contribution in [2.45, 2.75) is 19.4 Å². The van der Waals surface area contributed by atoms with Crippen molar-refractivity contribution in [2.24, 2.45) is 0 Å². The van der Waals surface area contributed by atoms with Crippen LogP contribution in [0.25, 0.3) is 24.3 Å². The summed E-state index contributed by atoms with van der Waals surface area (Å²) < 4.78 is 5.39. The number of quaternary nitrogens is 2. The molecule has 3 aromatic carbocycles. The number of phenols is 3. The van der Waals surface area contributed by atoms with Crippen LogP contribution in [-0.4, -0.2) is 40.6 Å². The zero-order chi connectivity index (χ0) is 25.4. The predicted molar refractivity (Wildman–Crippen MR) is 138 cm³/mol. The average molecular weight is 479 g/mol. The summed E-state index contributed by atoms with van der Waals surface area (Å²) in [5.41, 5.74) is 13.4. The van der Waals surface area contributed by atoms with Gasteiger partial charge in [0.2, 0.25) is 0 Å². The second-order valence-electron chi connectivity index (χ2n) is 8.21. The van der Waals surface area contributed by atoms with E-state index < -0.39 is 0 Å². The molecule has 10 N–H and O–H groups in total. The van der Waals surface area contributed by atoms with Crippen molar-refractivity contribution in [1.82, 2.24) is 0 Å². The molecule has 184 valence electrons. The molecule has 0 fully saturated rings.